The van der Waals surface area contributed by atoms with Crippen LogP contribution in [0.25, 0.3) is 6.08 Å². The number of thioether (sulfide) groups is 1. The van der Waals surface area contributed by atoms with Gasteiger partial charge in [-0.2, -0.15) is 13.2 Å². The van der Waals surface area contributed by atoms with Crippen molar-refractivity contribution >= 4 is 29.6 Å². The minimum atomic E-state index is -4.38. The molecule has 200 valence electrons. The molecule has 0 spiro atoms. The Bertz CT molecular complexity index is 1090. The number of alkyl halides is 3. The number of halogens is 3. The third-order valence-corrected chi connectivity index (χ3v) is 8.10. The fourth-order valence-corrected chi connectivity index (χ4v) is 6.09. The Morgan fingerprint density at radius 1 is 1.11 bits per heavy atom. The molecule has 2 aromatic carbocycles. The number of benzene rings is 2. The van der Waals surface area contributed by atoms with Crippen molar-refractivity contribution in [2.24, 2.45) is 5.92 Å². The molecule has 1 aliphatic heterocycles. The van der Waals surface area contributed by atoms with E-state index in [9.17, 15) is 22.8 Å². The molecule has 0 radical (unpaired) electrons. The third-order valence-electron chi connectivity index (χ3n) is 6.90. The summed E-state index contributed by atoms with van der Waals surface area (Å²) in [5, 5.41) is 0. The van der Waals surface area contributed by atoms with Crippen LogP contribution in [-0.4, -0.2) is 23.6 Å². The number of cyclic esters (lactones) is 1. The lowest BCUT2D eigenvalue weighted by molar-refractivity contribution is -0.163. The van der Waals surface area contributed by atoms with Crippen LogP contribution in [0.15, 0.2) is 47.9 Å². The van der Waals surface area contributed by atoms with Gasteiger partial charge < -0.3 is 4.74 Å². The van der Waals surface area contributed by atoms with Crippen LogP contribution in [0.3, 0.4) is 0 Å². The van der Waals surface area contributed by atoms with Crippen LogP contribution in [0, 0.1) is 19.8 Å². The van der Waals surface area contributed by atoms with Gasteiger partial charge in [0.1, 0.15) is 12.0 Å². The maximum absolute atomic E-state index is 13.4. The highest BCUT2D eigenvalue weighted by atomic mass is 32.2. The molecule has 1 heterocycles. The Balaban J connectivity index is 1.76. The topological polar surface area (TPSA) is 43.4 Å². The van der Waals surface area contributed by atoms with Crippen molar-refractivity contribution in [2.45, 2.75) is 82.4 Å². The van der Waals surface area contributed by atoms with E-state index in [2.05, 4.69) is 13.5 Å². The number of aryl methyl sites for hydroxylation is 2. The van der Waals surface area contributed by atoms with Gasteiger partial charge in [0.05, 0.1) is 5.56 Å². The highest BCUT2D eigenvalue weighted by Crippen LogP contribution is 2.37. The molecule has 2 aromatic rings. The molecule has 37 heavy (non-hydrogen) atoms. The van der Waals surface area contributed by atoms with Crippen molar-refractivity contribution in [1.29, 1.82) is 0 Å². The van der Waals surface area contributed by atoms with Gasteiger partial charge in [-0.25, -0.2) is 0 Å². The maximum Gasteiger partial charge on any atom is 0.416 e. The average molecular weight is 533 g/mol. The van der Waals surface area contributed by atoms with Gasteiger partial charge >= 0.3 is 12.1 Å². The van der Waals surface area contributed by atoms with Crippen LogP contribution >= 0.6 is 11.8 Å². The summed E-state index contributed by atoms with van der Waals surface area (Å²) in [7, 11) is 0. The number of esters is 1. The second kappa shape index (κ2) is 12.8. The summed E-state index contributed by atoms with van der Waals surface area (Å²) in [6.07, 6.45) is 1.83. The molecule has 0 N–H and O–H groups in total. The number of Topliss-reactive ketones (excluding diaryl/α,β-unsaturated/α-hetero) is 1. The molecule has 3 nitrogen and oxygen atoms in total. The SMILES string of the molecule is C=Cc1cc(C)cc(C)c1C1C(=O)CC(C(CCCCCC)CSc2ccc(C(F)(F)F)cc2)OC1=O. The molecule has 0 amide bonds. The van der Waals surface area contributed by atoms with Crippen molar-refractivity contribution in [1.82, 2.24) is 0 Å². The van der Waals surface area contributed by atoms with Crippen LogP contribution in [-0.2, 0) is 20.5 Å². The third kappa shape index (κ3) is 7.50. The predicted molar refractivity (Wildman–Crippen MR) is 143 cm³/mol. The van der Waals surface area contributed by atoms with Gasteiger partial charge in [-0.05, 0) is 61.2 Å². The first-order valence-electron chi connectivity index (χ1n) is 12.8. The van der Waals surface area contributed by atoms with Crippen LogP contribution in [0.5, 0.6) is 0 Å². The highest BCUT2D eigenvalue weighted by Gasteiger charge is 2.42. The summed E-state index contributed by atoms with van der Waals surface area (Å²) < 4.78 is 44.6. The summed E-state index contributed by atoms with van der Waals surface area (Å²) in [4.78, 5) is 27.3. The molecule has 0 bridgehead atoms. The summed E-state index contributed by atoms with van der Waals surface area (Å²) in [5.74, 6) is -1.18. The lowest BCUT2D eigenvalue weighted by Crippen LogP contribution is -2.41. The number of ketones is 1. The van der Waals surface area contributed by atoms with Crippen LogP contribution < -0.4 is 0 Å². The van der Waals surface area contributed by atoms with Gasteiger partial charge in [-0.1, -0.05) is 63.0 Å². The van der Waals surface area contributed by atoms with Crippen molar-refractivity contribution < 1.29 is 27.5 Å². The summed E-state index contributed by atoms with van der Waals surface area (Å²) in [6, 6.07) is 8.95. The first-order chi connectivity index (χ1) is 17.5. The molecule has 1 fully saturated rings. The summed E-state index contributed by atoms with van der Waals surface area (Å²) >= 11 is 1.43. The first kappa shape index (κ1) is 29.0. The van der Waals surface area contributed by atoms with E-state index in [1.165, 1.54) is 23.9 Å². The Kier molecular flexibility index (Phi) is 10.0. The monoisotopic (exact) mass is 532 g/mol. The van der Waals surface area contributed by atoms with E-state index in [-0.39, 0.29) is 18.1 Å². The molecule has 1 saturated heterocycles. The van der Waals surface area contributed by atoms with Gasteiger partial charge in [0.2, 0.25) is 0 Å². The fourth-order valence-electron chi connectivity index (χ4n) is 4.98. The maximum atomic E-state index is 13.4. The van der Waals surface area contributed by atoms with Gasteiger partial charge in [0.15, 0.2) is 5.78 Å². The zero-order valence-corrected chi connectivity index (χ0v) is 22.5. The van der Waals surface area contributed by atoms with Crippen molar-refractivity contribution in [3.8, 4) is 0 Å². The van der Waals surface area contributed by atoms with E-state index >= 15 is 0 Å². The number of rotatable bonds is 11. The van der Waals surface area contributed by atoms with Crippen molar-refractivity contribution in [3.63, 3.8) is 0 Å². The second-order valence-electron chi connectivity index (χ2n) is 9.81. The smallest absolute Gasteiger partial charge is 0.416 e. The normalized spacial score (nSPS) is 19.0. The Hall–Kier alpha value is -2.54. The first-order valence-corrected chi connectivity index (χ1v) is 13.8. The summed E-state index contributed by atoms with van der Waals surface area (Å²) in [5.41, 5.74) is 2.62. The van der Waals surface area contributed by atoms with E-state index in [0.717, 1.165) is 60.9 Å². The molecule has 3 atom stereocenters. The van der Waals surface area contributed by atoms with Crippen LogP contribution in [0.1, 0.15) is 79.2 Å². The molecule has 0 aliphatic carbocycles. The van der Waals surface area contributed by atoms with Crippen LogP contribution in [0.2, 0.25) is 0 Å². The number of carbonyl (C=O) groups is 2. The zero-order valence-electron chi connectivity index (χ0n) is 21.7. The minimum Gasteiger partial charge on any atom is -0.461 e. The largest absolute Gasteiger partial charge is 0.461 e. The fraction of sp³-hybridized carbons (Fsp3) is 0.467. The van der Waals surface area contributed by atoms with Gasteiger partial charge in [0.25, 0.3) is 0 Å². The predicted octanol–water partition coefficient (Wildman–Crippen LogP) is 8.31. The number of carbonyl (C=O) groups excluding carboxylic acids is 2. The van der Waals surface area contributed by atoms with Crippen LogP contribution in [0.4, 0.5) is 13.2 Å². The van der Waals surface area contributed by atoms with E-state index in [4.69, 9.17) is 4.74 Å². The lowest BCUT2D eigenvalue weighted by Gasteiger charge is -2.33. The van der Waals surface area contributed by atoms with Crippen molar-refractivity contribution in [2.75, 3.05) is 5.75 Å². The average Bonchev–Trinajstić information content (AvgIpc) is 2.83. The number of ether oxygens (including phenoxy) is 1. The zero-order chi connectivity index (χ0) is 27.2. The molecule has 3 unspecified atom stereocenters. The van der Waals surface area contributed by atoms with E-state index in [0.29, 0.717) is 16.2 Å². The Morgan fingerprint density at radius 2 is 1.81 bits per heavy atom. The standard InChI is InChI=1S/C30H35F3O3S/c1-5-7-8-9-10-22(18-37-24-13-11-23(12-14-24)30(31,32)33)26-17-25(34)28(29(35)36-26)27-20(4)15-19(3)16-21(27)6-2/h6,11-16,22,26,28H,2,5,7-10,17-18H2,1,3-4H3. The molecular formula is C30H35F3O3S. The summed E-state index contributed by atoms with van der Waals surface area (Å²) in [6.45, 7) is 9.83. The quantitative estimate of drug-likeness (QED) is 0.126. The molecular weight excluding hydrogens is 497 g/mol. The molecule has 0 aromatic heterocycles. The minimum absolute atomic E-state index is 0.0732. The number of unbranched alkanes of at least 4 members (excludes halogenated alkanes) is 3. The second-order valence-corrected chi connectivity index (χ2v) is 10.9. The Morgan fingerprint density at radius 3 is 2.41 bits per heavy atom. The van der Waals surface area contributed by atoms with E-state index in [1.54, 1.807) is 6.08 Å². The van der Waals surface area contributed by atoms with Gasteiger partial charge in [-0.3, -0.25) is 9.59 Å². The number of hydrogen-bond acceptors (Lipinski definition) is 4. The highest BCUT2D eigenvalue weighted by molar-refractivity contribution is 7.99. The number of hydrogen-bond donors (Lipinski definition) is 0. The molecule has 1 aliphatic rings. The molecule has 0 saturated carbocycles. The van der Waals surface area contributed by atoms with E-state index in [1.807, 2.05) is 26.0 Å². The molecule has 3 rings (SSSR count). The Labute approximate surface area is 221 Å². The van der Waals surface area contributed by atoms with Crippen molar-refractivity contribution in [3.05, 3.63) is 70.8 Å². The lowest BCUT2D eigenvalue weighted by atomic mass is 9.81. The molecule has 7 heteroatoms. The van der Waals surface area contributed by atoms with Gasteiger partial charge in [-0.15, -0.1) is 11.8 Å². The van der Waals surface area contributed by atoms with E-state index < -0.39 is 29.7 Å². The van der Waals surface area contributed by atoms with Gasteiger partial charge in [0, 0.05) is 23.0 Å².